The van der Waals surface area contributed by atoms with Crippen LogP contribution in [0.4, 0.5) is 0 Å². The molecule has 0 aliphatic heterocycles. The number of rotatable bonds is 3. The molecule has 1 rings (SSSR count). The Morgan fingerprint density at radius 1 is 1.67 bits per heavy atom. The third-order valence-corrected chi connectivity index (χ3v) is 1.63. The number of carbonyl (C=O) groups excluding carboxylic acids is 1. The van der Waals surface area contributed by atoms with E-state index in [1.54, 1.807) is 12.1 Å². The van der Waals surface area contributed by atoms with Gasteiger partial charge < -0.3 is 9.15 Å². The molecular formula is C8H10O3S. The van der Waals surface area contributed by atoms with Gasteiger partial charge in [-0.05, 0) is 17.9 Å². The van der Waals surface area contributed by atoms with E-state index in [4.69, 9.17) is 4.42 Å². The highest BCUT2D eigenvalue weighted by molar-refractivity contribution is 7.80. The first-order valence-electron chi connectivity index (χ1n) is 3.56. The van der Waals surface area contributed by atoms with Gasteiger partial charge in [0.1, 0.15) is 5.76 Å². The van der Waals surface area contributed by atoms with Crippen LogP contribution in [0.1, 0.15) is 16.3 Å². The molecule has 0 atom stereocenters. The van der Waals surface area contributed by atoms with Gasteiger partial charge in [0.25, 0.3) is 0 Å². The number of hydrogen-bond acceptors (Lipinski definition) is 4. The summed E-state index contributed by atoms with van der Waals surface area (Å²) in [6.07, 6.45) is 0.722. The summed E-state index contributed by atoms with van der Waals surface area (Å²) in [5.74, 6) is 1.26. The summed E-state index contributed by atoms with van der Waals surface area (Å²) in [4.78, 5) is 10.9. The van der Waals surface area contributed by atoms with Crippen LogP contribution in [0.25, 0.3) is 0 Å². The fraction of sp³-hybridized carbons (Fsp3) is 0.375. The smallest absolute Gasteiger partial charge is 0.373 e. The van der Waals surface area contributed by atoms with Crippen LogP contribution in [0, 0.1) is 0 Å². The zero-order valence-corrected chi connectivity index (χ0v) is 7.64. The van der Waals surface area contributed by atoms with Crippen LogP contribution in [-0.4, -0.2) is 18.8 Å². The molecule has 0 radical (unpaired) electrons. The molecule has 1 aromatic rings. The monoisotopic (exact) mass is 186 g/mol. The molecule has 0 amide bonds. The van der Waals surface area contributed by atoms with E-state index in [0.717, 1.165) is 12.2 Å². The lowest BCUT2D eigenvalue weighted by Crippen LogP contribution is -1.98. The first-order chi connectivity index (χ1) is 5.77. The van der Waals surface area contributed by atoms with E-state index in [0.29, 0.717) is 5.75 Å². The summed E-state index contributed by atoms with van der Waals surface area (Å²) in [6.45, 7) is 0. The molecule has 0 unspecified atom stereocenters. The zero-order chi connectivity index (χ0) is 8.97. The highest BCUT2D eigenvalue weighted by Crippen LogP contribution is 2.09. The van der Waals surface area contributed by atoms with Crippen LogP contribution in [0.5, 0.6) is 0 Å². The maximum atomic E-state index is 10.9. The van der Waals surface area contributed by atoms with E-state index in [1.165, 1.54) is 7.11 Å². The van der Waals surface area contributed by atoms with Crippen molar-refractivity contribution < 1.29 is 13.9 Å². The van der Waals surface area contributed by atoms with Crippen molar-refractivity contribution in [3.05, 3.63) is 23.7 Å². The van der Waals surface area contributed by atoms with Gasteiger partial charge >= 0.3 is 5.97 Å². The normalized spacial score (nSPS) is 9.83. The summed E-state index contributed by atoms with van der Waals surface area (Å²) >= 11 is 4.04. The van der Waals surface area contributed by atoms with E-state index >= 15 is 0 Å². The van der Waals surface area contributed by atoms with Crippen molar-refractivity contribution in [3.8, 4) is 0 Å². The fourth-order valence-electron chi connectivity index (χ4n) is 0.833. The Labute approximate surface area is 76.1 Å². The van der Waals surface area contributed by atoms with Gasteiger partial charge in [-0.2, -0.15) is 12.6 Å². The maximum Gasteiger partial charge on any atom is 0.373 e. The minimum absolute atomic E-state index is 0.245. The third kappa shape index (κ3) is 2.04. The van der Waals surface area contributed by atoms with Crippen molar-refractivity contribution in [2.24, 2.45) is 0 Å². The second-order valence-corrected chi connectivity index (χ2v) is 2.68. The number of hydrogen-bond donors (Lipinski definition) is 1. The number of furan rings is 1. The van der Waals surface area contributed by atoms with Gasteiger partial charge in [-0.1, -0.05) is 0 Å². The minimum Gasteiger partial charge on any atom is -0.463 e. The van der Waals surface area contributed by atoms with E-state index in [2.05, 4.69) is 17.4 Å². The number of thiol groups is 1. The van der Waals surface area contributed by atoms with Crippen molar-refractivity contribution in [1.82, 2.24) is 0 Å². The van der Waals surface area contributed by atoms with E-state index in [-0.39, 0.29) is 5.76 Å². The Kier molecular flexibility index (Phi) is 3.22. The molecule has 1 aromatic heterocycles. The maximum absolute atomic E-state index is 10.9. The molecule has 0 fully saturated rings. The molecule has 4 heteroatoms. The average molecular weight is 186 g/mol. The zero-order valence-electron chi connectivity index (χ0n) is 6.74. The number of esters is 1. The SMILES string of the molecule is COC(=O)c1ccc(CCS)o1. The number of aryl methyl sites for hydroxylation is 1. The number of carbonyl (C=O) groups is 1. The van der Waals surface area contributed by atoms with Crippen LogP contribution in [0.15, 0.2) is 16.5 Å². The van der Waals surface area contributed by atoms with E-state index in [1.807, 2.05) is 0 Å². The number of ether oxygens (including phenoxy) is 1. The molecular weight excluding hydrogens is 176 g/mol. The quantitative estimate of drug-likeness (QED) is 0.575. The van der Waals surface area contributed by atoms with Gasteiger partial charge in [0, 0.05) is 6.42 Å². The summed E-state index contributed by atoms with van der Waals surface area (Å²) in [5.41, 5.74) is 0. The van der Waals surface area contributed by atoms with Crippen molar-refractivity contribution in [2.45, 2.75) is 6.42 Å². The second kappa shape index (κ2) is 4.21. The molecule has 12 heavy (non-hydrogen) atoms. The first-order valence-corrected chi connectivity index (χ1v) is 4.19. The molecule has 0 aromatic carbocycles. The van der Waals surface area contributed by atoms with Crippen LogP contribution in [0.3, 0.4) is 0 Å². The molecule has 0 N–H and O–H groups in total. The molecule has 0 aliphatic rings. The van der Waals surface area contributed by atoms with Gasteiger partial charge in [-0.3, -0.25) is 0 Å². The van der Waals surface area contributed by atoms with Gasteiger partial charge in [-0.25, -0.2) is 4.79 Å². The molecule has 3 nitrogen and oxygen atoms in total. The molecule has 1 heterocycles. The molecule has 0 saturated carbocycles. The van der Waals surface area contributed by atoms with Gasteiger partial charge in [-0.15, -0.1) is 0 Å². The Morgan fingerprint density at radius 3 is 3.00 bits per heavy atom. The van der Waals surface area contributed by atoms with Gasteiger partial charge in [0.05, 0.1) is 7.11 Å². The lowest BCUT2D eigenvalue weighted by molar-refractivity contribution is 0.0563. The van der Waals surface area contributed by atoms with Crippen molar-refractivity contribution in [1.29, 1.82) is 0 Å². The number of methoxy groups -OCH3 is 1. The lowest BCUT2D eigenvalue weighted by Gasteiger charge is -1.93. The van der Waals surface area contributed by atoms with Crippen LogP contribution in [0.2, 0.25) is 0 Å². The summed E-state index contributed by atoms with van der Waals surface area (Å²) in [5, 5.41) is 0. The van der Waals surface area contributed by atoms with Crippen LogP contribution < -0.4 is 0 Å². The minimum atomic E-state index is -0.444. The van der Waals surface area contributed by atoms with Gasteiger partial charge in [0.15, 0.2) is 0 Å². The highest BCUT2D eigenvalue weighted by Gasteiger charge is 2.09. The summed E-state index contributed by atoms with van der Waals surface area (Å²) < 4.78 is 9.63. The average Bonchev–Trinajstić information content (AvgIpc) is 2.52. The predicted molar refractivity (Wildman–Crippen MR) is 47.6 cm³/mol. The third-order valence-electron chi connectivity index (χ3n) is 1.41. The van der Waals surface area contributed by atoms with Crippen molar-refractivity contribution >= 4 is 18.6 Å². The molecule has 66 valence electrons. The summed E-state index contributed by atoms with van der Waals surface area (Å²) in [6, 6.07) is 3.35. The molecule has 0 saturated heterocycles. The first kappa shape index (κ1) is 9.19. The standard InChI is InChI=1S/C8H10O3S/c1-10-8(9)7-3-2-6(11-7)4-5-12/h2-3,12H,4-5H2,1H3. The lowest BCUT2D eigenvalue weighted by atomic mass is 10.3. The Morgan fingerprint density at radius 2 is 2.42 bits per heavy atom. The highest BCUT2D eigenvalue weighted by atomic mass is 32.1. The van der Waals surface area contributed by atoms with Crippen LogP contribution in [-0.2, 0) is 11.2 Å². The summed E-state index contributed by atoms with van der Waals surface area (Å²) in [7, 11) is 1.32. The molecule has 0 aliphatic carbocycles. The topological polar surface area (TPSA) is 39.4 Å². The second-order valence-electron chi connectivity index (χ2n) is 2.23. The van der Waals surface area contributed by atoms with Crippen LogP contribution >= 0.6 is 12.6 Å². The fourth-order valence-corrected chi connectivity index (χ4v) is 1.05. The largest absolute Gasteiger partial charge is 0.463 e. The van der Waals surface area contributed by atoms with E-state index < -0.39 is 5.97 Å². The predicted octanol–water partition coefficient (Wildman–Crippen LogP) is 1.54. The van der Waals surface area contributed by atoms with Crippen molar-refractivity contribution in [2.75, 3.05) is 12.9 Å². The Hall–Kier alpha value is -0.900. The van der Waals surface area contributed by atoms with E-state index in [9.17, 15) is 4.79 Å². The van der Waals surface area contributed by atoms with Gasteiger partial charge in [0.2, 0.25) is 5.76 Å². The Bertz CT molecular complexity index is 267. The van der Waals surface area contributed by atoms with Crippen molar-refractivity contribution in [3.63, 3.8) is 0 Å². The molecule has 0 bridgehead atoms. The Balaban J connectivity index is 2.70. The molecule has 0 spiro atoms.